The minimum Gasteiger partial charge on any atom is -0.462 e. The molecule has 0 amide bonds. The fourth-order valence-electron chi connectivity index (χ4n) is 6.53. The highest BCUT2D eigenvalue weighted by atomic mass is 35.5. The van der Waals surface area contributed by atoms with Gasteiger partial charge in [0.15, 0.2) is 11.5 Å². The second kappa shape index (κ2) is 17.8. The molecule has 2 fully saturated rings. The molecule has 0 heterocycles. The van der Waals surface area contributed by atoms with Gasteiger partial charge in [0.1, 0.15) is 11.1 Å². The van der Waals surface area contributed by atoms with Gasteiger partial charge in [-0.05, 0) is 48.6 Å². The highest BCUT2D eigenvalue weighted by Gasteiger charge is 2.34. The standard InChI is InChI=1S/C34H36Cl6O8/c1-3-17(19-9-5-6-10-19)15-45-31(41)25-27(39)21(35)13-23(37)29(25)47-33(43)34(44)48-30-24(38)14-22(36)28(40)26(30)32(42)46-16-18(4-2)20-11-7-8-12-20/h13-14,17-20H,3-12,15-16H2,1-2H3. The molecule has 262 valence electrons. The first kappa shape index (κ1) is 38.9. The summed E-state index contributed by atoms with van der Waals surface area (Å²) in [6.45, 7) is 4.24. The van der Waals surface area contributed by atoms with Crippen LogP contribution in [0.3, 0.4) is 0 Å². The zero-order valence-electron chi connectivity index (χ0n) is 26.5. The maximum atomic E-state index is 13.3. The first-order chi connectivity index (χ1) is 22.9. The third-order valence-electron chi connectivity index (χ3n) is 9.26. The van der Waals surface area contributed by atoms with Crippen molar-refractivity contribution in [1.29, 1.82) is 0 Å². The van der Waals surface area contributed by atoms with E-state index in [-0.39, 0.29) is 55.2 Å². The van der Waals surface area contributed by atoms with Gasteiger partial charge in [0.2, 0.25) is 0 Å². The molecule has 14 heteroatoms. The van der Waals surface area contributed by atoms with Crippen molar-refractivity contribution >= 4 is 93.5 Å². The lowest BCUT2D eigenvalue weighted by Crippen LogP contribution is -2.28. The van der Waals surface area contributed by atoms with Crippen molar-refractivity contribution in [2.75, 3.05) is 13.2 Å². The number of carbonyl (C=O) groups excluding carboxylic acids is 4. The van der Waals surface area contributed by atoms with Gasteiger partial charge in [0, 0.05) is 0 Å². The first-order valence-electron chi connectivity index (χ1n) is 16.0. The molecule has 2 aliphatic rings. The third kappa shape index (κ3) is 9.23. The second-order valence-electron chi connectivity index (χ2n) is 12.1. The van der Waals surface area contributed by atoms with Crippen LogP contribution < -0.4 is 9.47 Å². The van der Waals surface area contributed by atoms with Crippen molar-refractivity contribution < 1.29 is 38.1 Å². The van der Waals surface area contributed by atoms with E-state index in [1.807, 2.05) is 13.8 Å². The number of ether oxygens (including phenoxy) is 4. The number of hydrogen-bond acceptors (Lipinski definition) is 8. The number of benzene rings is 2. The molecule has 2 aliphatic carbocycles. The quantitative estimate of drug-likeness (QED) is 0.0907. The fourth-order valence-corrected chi connectivity index (χ4v) is 7.97. The molecule has 2 saturated carbocycles. The van der Waals surface area contributed by atoms with Crippen molar-refractivity contribution in [3.63, 3.8) is 0 Å². The van der Waals surface area contributed by atoms with Crippen molar-refractivity contribution in [3.8, 4) is 11.5 Å². The molecular formula is C34H36Cl6O8. The number of rotatable bonds is 12. The summed E-state index contributed by atoms with van der Waals surface area (Å²) in [5.74, 6) is -5.20. The van der Waals surface area contributed by atoms with Crippen molar-refractivity contribution in [2.24, 2.45) is 23.7 Å². The van der Waals surface area contributed by atoms with E-state index in [1.54, 1.807) is 0 Å². The number of hydrogen-bond donors (Lipinski definition) is 0. The summed E-state index contributed by atoms with van der Waals surface area (Å²) in [7, 11) is 0. The average Bonchev–Trinajstić information content (AvgIpc) is 3.79. The molecule has 0 radical (unpaired) electrons. The van der Waals surface area contributed by atoms with Crippen LogP contribution in [0.15, 0.2) is 12.1 Å². The predicted molar refractivity (Wildman–Crippen MR) is 186 cm³/mol. The molecule has 4 rings (SSSR count). The molecule has 2 atom stereocenters. The minimum absolute atomic E-state index is 0.101. The topological polar surface area (TPSA) is 105 Å². The maximum Gasteiger partial charge on any atom is 0.423 e. The van der Waals surface area contributed by atoms with Crippen molar-refractivity contribution in [2.45, 2.75) is 78.1 Å². The van der Waals surface area contributed by atoms with E-state index in [0.717, 1.165) is 76.3 Å². The van der Waals surface area contributed by atoms with E-state index in [0.29, 0.717) is 11.8 Å². The minimum atomic E-state index is -1.63. The zero-order valence-corrected chi connectivity index (χ0v) is 31.0. The SMILES string of the molecule is CCC(COC(=O)c1c(Cl)c(Cl)cc(Cl)c1OC(=O)C(=O)Oc1c(Cl)cc(Cl)c(Cl)c1C(=O)OCC(CC)C1CCCC1)C1CCCC1. The van der Waals surface area contributed by atoms with Gasteiger partial charge in [0.05, 0.1) is 43.3 Å². The maximum absolute atomic E-state index is 13.3. The lowest BCUT2D eigenvalue weighted by molar-refractivity contribution is -0.156. The van der Waals surface area contributed by atoms with Gasteiger partial charge >= 0.3 is 23.9 Å². The molecule has 2 unspecified atom stereocenters. The molecule has 0 aliphatic heterocycles. The Hall–Kier alpha value is -1.94. The Labute approximate surface area is 309 Å². The lowest BCUT2D eigenvalue weighted by atomic mass is 9.89. The Kier molecular flexibility index (Phi) is 14.4. The molecule has 0 bridgehead atoms. The van der Waals surface area contributed by atoms with Crippen LogP contribution in [0.5, 0.6) is 11.5 Å². The summed E-state index contributed by atoms with van der Waals surface area (Å²) in [5, 5.41) is -1.41. The van der Waals surface area contributed by atoms with Crippen LogP contribution in [-0.2, 0) is 19.1 Å². The molecule has 8 nitrogen and oxygen atoms in total. The Bertz CT molecular complexity index is 1420. The highest BCUT2D eigenvalue weighted by Crippen LogP contribution is 2.42. The Morgan fingerprint density at radius 1 is 0.604 bits per heavy atom. The monoisotopic (exact) mass is 782 g/mol. The van der Waals surface area contributed by atoms with Gasteiger partial charge in [-0.3, -0.25) is 0 Å². The van der Waals surface area contributed by atoms with Gasteiger partial charge < -0.3 is 18.9 Å². The Morgan fingerprint density at radius 2 is 0.938 bits per heavy atom. The van der Waals surface area contributed by atoms with Crippen LogP contribution in [0.25, 0.3) is 0 Å². The molecule has 0 aromatic heterocycles. The van der Waals surface area contributed by atoms with Crippen LogP contribution >= 0.6 is 69.6 Å². The number of carbonyl (C=O) groups is 4. The van der Waals surface area contributed by atoms with Crippen LogP contribution in [0.1, 0.15) is 98.8 Å². The Morgan fingerprint density at radius 3 is 1.25 bits per heavy atom. The third-order valence-corrected chi connectivity index (χ3v) is 11.4. The first-order valence-corrected chi connectivity index (χ1v) is 18.3. The summed E-state index contributed by atoms with van der Waals surface area (Å²) >= 11 is 37.7. The lowest BCUT2D eigenvalue weighted by Gasteiger charge is -2.22. The zero-order chi connectivity index (χ0) is 35.1. The van der Waals surface area contributed by atoms with E-state index in [9.17, 15) is 19.2 Å². The molecular weight excluding hydrogens is 749 g/mol. The van der Waals surface area contributed by atoms with Gasteiger partial charge in [-0.1, -0.05) is 135 Å². The molecule has 0 N–H and O–H groups in total. The van der Waals surface area contributed by atoms with Crippen molar-refractivity contribution in [3.05, 3.63) is 53.4 Å². The molecule has 2 aromatic carbocycles. The average molecular weight is 785 g/mol. The predicted octanol–water partition coefficient (Wildman–Crippen LogP) is 10.9. The van der Waals surface area contributed by atoms with Gasteiger partial charge in [-0.25, -0.2) is 19.2 Å². The van der Waals surface area contributed by atoms with E-state index in [2.05, 4.69) is 0 Å². The number of esters is 4. The van der Waals surface area contributed by atoms with Crippen LogP contribution in [0.4, 0.5) is 0 Å². The van der Waals surface area contributed by atoms with Crippen LogP contribution in [0.2, 0.25) is 30.1 Å². The summed E-state index contributed by atoms with van der Waals surface area (Å²) in [6.07, 6.45) is 10.3. The van der Waals surface area contributed by atoms with Gasteiger partial charge in [0.25, 0.3) is 0 Å². The molecule has 2 aromatic rings. The summed E-state index contributed by atoms with van der Waals surface area (Å²) < 4.78 is 21.6. The second-order valence-corrected chi connectivity index (χ2v) is 14.5. The fraction of sp³-hybridized carbons (Fsp3) is 0.529. The van der Waals surface area contributed by atoms with Gasteiger partial charge in [-0.15, -0.1) is 0 Å². The van der Waals surface area contributed by atoms with Crippen LogP contribution in [0, 0.1) is 23.7 Å². The summed E-state index contributed by atoms with van der Waals surface area (Å²) in [5.41, 5.74) is -0.887. The van der Waals surface area contributed by atoms with E-state index in [1.165, 1.54) is 0 Å². The molecule has 0 saturated heterocycles. The Balaban J connectivity index is 1.53. The molecule has 48 heavy (non-hydrogen) atoms. The summed E-state index contributed by atoms with van der Waals surface area (Å²) in [6, 6.07) is 2.28. The van der Waals surface area contributed by atoms with E-state index >= 15 is 0 Å². The largest absolute Gasteiger partial charge is 0.462 e. The normalized spacial score (nSPS) is 16.4. The highest BCUT2D eigenvalue weighted by molar-refractivity contribution is 6.47. The number of halogens is 6. The van der Waals surface area contributed by atoms with Crippen LogP contribution in [-0.4, -0.2) is 37.1 Å². The van der Waals surface area contributed by atoms with E-state index < -0.39 is 46.5 Å². The van der Waals surface area contributed by atoms with Crippen molar-refractivity contribution in [1.82, 2.24) is 0 Å². The van der Waals surface area contributed by atoms with Gasteiger partial charge in [-0.2, -0.15) is 0 Å². The van der Waals surface area contributed by atoms with E-state index in [4.69, 9.17) is 88.6 Å². The summed E-state index contributed by atoms with van der Waals surface area (Å²) in [4.78, 5) is 52.7. The smallest absolute Gasteiger partial charge is 0.423 e. The molecule has 0 spiro atoms.